The fraction of sp³-hybridized carbons (Fsp3) is 0.417. The maximum absolute atomic E-state index is 12.2. The van der Waals surface area contributed by atoms with Gasteiger partial charge in [-0.1, -0.05) is 29.4 Å². The van der Waals surface area contributed by atoms with Crippen molar-refractivity contribution in [2.24, 2.45) is 11.1 Å². The van der Waals surface area contributed by atoms with Crippen molar-refractivity contribution in [1.29, 1.82) is 0 Å². The van der Waals surface area contributed by atoms with Gasteiger partial charge in [0, 0.05) is 11.8 Å². The van der Waals surface area contributed by atoms with Crippen molar-refractivity contribution in [3.05, 3.63) is 35.4 Å². The Morgan fingerprint density at radius 2 is 2.00 bits per heavy atom. The number of benzene rings is 1. The van der Waals surface area contributed by atoms with Crippen molar-refractivity contribution < 1.29 is 13.6 Å². The number of alkyl halides is 2. The summed E-state index contributed by atoms with van der Waals surface area (Å²) >= 11 is 0. The van der Waals surface area contributed by atoms with Crippen LogP contribution in [-0.2, 0) is 11.4 Å². The molecule has 1 saturated carbocycles. The molecule has 4 heteroatoms. The van der Waals surface area contributed by atoms with Gasteiger partial charge in [-0.15, -0.1) is 0 Å². The number of halogens is 2. The van der Waals surface area contributed by atoms with E-state index in [9.17, 15) is 8.78 Å². The summed E-state index contributed by atoms with van der Waals surface area (Å²) in [6, 6.07) is 6.09. The summed E-state index contributed by atoms with van der Waals surface area (Å²) in [5.41, 5.74) is 0.877. The third-order valence-electron chi connectivity index (χ3n) is 2.43. The Kier molecular flexibility index (Phi) is 3.49. The van der Waals surface area contributed by atoms with Crippen LogP contribution in [0, 0.1) is 5.92 Å². The molecule has 0 saturated heterocycles. The van der Waals surface area contributed by atoms with Gasteiger partial charge in [0.25, 0.3) is 6.43 Å². The molecule has 0 N–H and O–H groups in total. The molecule has 0 radical (unpaired) electrons. The normalized spacial score (nSPS) is 15.9. The summed E-state index contributed by atoms with van der Waals surface area (Å²) in [7, 11) is 0. The molecule has 0 aromatic heterocycles. The van der Waals surface area contributed by atoms with Crippen molar-refractivity contribution in [2.75, 3.05) is 0 Å². The molecule has 0 amide bonds. The van der Waals surface area contributed by atoms with E-state index in [0.29, 0.717) is 12.5 Å². The standard InChI is InChI=1S/C12H13F2NO/c13-12(14)11-5-3-10(4-6-11)8-16-15-7-9-1-2-9/h3-7,9,12H,1-2,8H2. The van der Waals surface area contributed by atoms with E-state index in [2.05, 4.69) is 5.16 Å². The average Bonchev–Trinajstić information content (AvgIpc) is 3.09. The van der Waals surface area contributed by atoms with Crippen LogP contribution in [0.4, 0.5) is 8.78 Å². The van der Waals surface area contributed by atoms with Crippen LogP contribution in [0.5, 0.6) is 0 Å². The van der Waals surface area contributed by atoms with Gasteiger partial charge in [0.15, 0.2) is 0 Å². The number of oxime groups is 1. The highest BCUT2D eigenvalue weighted by Gasteiger charge is 2.18. The predicted octanol–water partition coefficient (Wildman–Crippen LogP) is 3.54. The maximum atomic E-state index is 12.2. The Morgan fingerprint density at radius 3 is 2.56 bits per heavy atom. The summed E-state index contributed by atoms with van der Waals surface area (Å²) in [4.78, 5) is 5.05. The largest absolute Gasteiger partial charge is 0.391 e. The molecule has 0 unspecified atom stereocenters. The predicted molar refractivity (Wildman–Crippen MR) is 57.4 cm³/mol. The molecule has 16 heavy (non-hydrogen) atoms. The van der Waals surface area contributed by atoms with Crippen molar-refractivity contribution in [2.45, 2.75) is 25.9 Å². The fourth-order valence-electron chi connectivity index (χ4n) is 1.25. The van der Waals surface area contributed by atoms with E-state index in [1.54, 1.807) is 18.3 Å². The van der Waals surface area contributed by atoms with E-state index in [-0.39, 0.29) is 5.56 Å². The second-order valence-corrected chi connectivity index (χ2v) is 3.91. The zero-order valence-corrected chi connectivity index (χ0v) is 8.77. The quantitative estimate of drug-likeness (QED) is 0.554. The second kappa shape index (κ2) is 5.05. The molecule has 86 valence electrons. The number of nitrogens with zero attached hydrogens (tertiary/aromatic N) is 1. The van der Waals surface area contributed by atoms with Gasteiger partial charge in [-0.05, 0) is 24.3 Å². The molecule has 0 spiro atoms. The van der Waals surface area contributed by atoms with Gasteiger partial charge in [-0.2, -0.15) is 0 Å². The molecule has 1 fully saturated rings. The van der Waals surface area contributed by atoms with Gasteiger partial charge in [-0.25, -0.2) is 8.78 Å². The topological polar surface area (TPSA) is 21.6 Å². The highest BCUT2D eigenvalue weighted by atomic mass is 19.3. The Labute approximate surface area is 92.9 Å². The van der Waals surface area contributed by atoms with Crippen LogP contribution in [-0.4, -0.2) is 6.21 Å². The third kappa shape index (κ3) is 3.29. The molecule has 1 aliphatic carbocycles. The lowest BCUT2D eigenvalue weighted by Gasteiger charge is -2.02. The van der Waals surface area contributed by atoms with Crippen LogP contribution >= 0.6 is 0 Å². The van der Waals surface area contributed by atoms with E-state index in [0.717, 1.165) is 5.56 Å². The highest BCUT2D eigenvalue weighted by Crippen LogP contribution is 2.26. The van der Waals surface area contributed by atoms with Gasteiger partial charge >= 0.3 is 0 Å². The van der Waals surface area contributed by atoms with Gasteiger partial charge in [0.05, 0.1) is 0 Å². The minimum Gasteiger partial charge on any atom is -0.391 e. The van der Waals surface area contributed by atoms with E-state index in [4.69, 9.17) is 4.84 Å². The summed E-state index contributed by atoms with van der Waals surface area (Å²) in [5.74, 6) is 0.584. The van der Waals surface area contributed by atoms with Crippen LogP contribution in [0.2, 0.25) is 0 Å². The Bertz CT molecular complexity index is 358. The second-order valence-electron chi connectivity index (χ2n) is 3.91. The first-order valence-corrected chi connectivity index (χ1v) is 5.28. The molecule has 2 rings (SSSR count). The Morgan fingerprint density at radius 1 is 1.31 bits per heavy atom. The summed E-state index contributed by atoms with van der Waals surface area (Å²) in [5, 5.41) is 3.81. The zero-order chi connectivity index (χ0) is 11.4. The zero-order valence-electron chi connectivity index (χ0n) is 8.77. The van der Waals surface area contributed by atoms with E-state index < -0.39 is 6.43 Å². The molecule has 2 nitrogen and oxygen atoms in total. The molecular formula is C12H13F2NO. The highest BCUT2D eigenvalue weighted by molar-refractivity contribution is 5.62. The summed E-state index contributed by atoms with van der Waals surface area (Å²) in [6.07, 6.45) is 1.77. The number of rotatable bonds is 5. The molecule has 1 aromatic rings. The Balaban J connectivity index is 1.80. The van der Waals surface area contributed by atoms with E-state index in [1.165, 1.54) is 25.0 Å². The van der Waals surface area contributed by atoms with Crippen LogP contribution in [0.15, 0.2) is 29.4 Å². The molecule has 0 bridgehead atoms. The SMILES string of the molecule is FC(F)c1ccc(CON=CC2CC2)cc1. The van der Waals surface area contributed by atoms with Crippen molar-refractivity contribution in [1.82, 2.24) is 0 Å². The van der Waals surface area contributed by atoms with Crippen LogP contribution in [0.3, 0.4) is 0 Å². The lowest BCUT2D eigenvalue weighted by Crippen LogP contribution is -1.90. The Hall–Kier alpha value is -1.45. The first-order chi connectivity index (χ1) is 7.75. The van der Waals surface area contributed by atoms with Crippen LogP contribution in [0.25, 0.3) is 0 Å². The molecular weight excluding hydrogens is 212 g/mol. The first-order valence-electron chi connectivity index (χ1n) is 5.28. The minimum absolute atomic E-state index is 0.0326. The minimum atomic E-state index is -2.41. The smallest absolute Gasteiger partial charge is 0.263 e. The monoisotopic (exact) mass is 225 g/mol. The molecule has 1 aliphatic rings. The van der Waals surface area contributed by atoms with Gasteiger partial charge in [0.2, 0.25) is 0 Å². The van der Waals surface area contributed by atoms with Crippen molar-refractivity contribution in [3.8, 4) is 0 Å². The fourth-order valence-corrected chi connectivity index (χ4v) is 1.25. The summed E-state index contributed by atoms with van der Waals surface area (Å²) < 4.78 is 24.5. The van der Waals surface area contributed by atoms with E-state index >= 15 is 0 Å². The first kappa shape index (κ1) is 11.0. The average molecular weight is 225 g/mol. The molecule has 0 atom stereocenters. The van der Waals surface area contributed by atoms with Gasteiger partial charge < -0.3 is 4.84 Å². The van der Waals surface area contributed by atoms with Gasteiger partial charge in [-0.3, -0.25) is 0 Å². The lowest BCUT2D eigenvalue weighted by atomic mass is 10.1. The van der Waals surface area contributed by atoms with Crippen molar-refractivity contribution in [3.63, 3.8) is 0 Å². The van der Waals surface area contributed by atoms with E-state index in [1.807, 2.05) is 0 Å². The van der Waals surface area contributed by atoms with Crippen molar-refractivity contribution >= 4 is 6.21 Å². The number of hydrogen-bond donors (Lipinski definition) is 0. The van der Waals surface area contributed by atoms with Crippen LogP contribution in [0.1, 0.15) is 30.4 Å². The van der Waals surface area contributed by atoms with Crippen LogP contribution < -0.4 is 0 Å². The van der Waals surface area contributed by atoms with Gasteiger partial charge in [0.1, 0.15) is 6.61 Å². The summed E-state index contributed by atoms with van der Waals surface area (Å²) in [6.45, 7) is 0.326. The molecule has 1 aromatic carbocycles. The lowest BCUT2D eigenvalue weighted by molar-refractivity contribution is 0.131. The molecule has 0 heterocycles. The number of hydrogen-bond acceptors (Lipinski definition) is 2. The maximum Gasteiger partial charge on any atom is 0.263 e. The molecule has 0 aliphatic heterocycles. The third-order valence-corrected chi connectivity index (χ3v) is 2.43.